The van der Waals surface area contributed by atoms with Crippen molar-refractivity contribution < 1.29 is 9.90 Å². The van der Waals surface area contributed by atoms with E-state index in [0.29, 0.717) is 0 Å². The van der Waals surface area contributed by atoms with E-state index in [1.54, 1.807) is 0 Å². The minimum absolute atomic E-state index is 0.118. The predicted molar refractivity (Wildman–Crippen MR) is 71.9 cm³/mol. The maximum atomic E-state index is 10.9. The first-order valence-corrected chi connectivity index (χ1v) is 6.76. The van der Waals surface area contributed by atoms with Gasteiger partial charge in [0.05, 0.1) is 6.54 Å². The largest absolute Gasteiger partial charge is 0.480 e. The minimum atomic E-state index is -0.754. The van der Waals surface area contributed by atoms with E-state index in [2.05, 4.69) is 4.90 Å². The van der Waals surface area contributed by atoms with E-state index in [1.807, 2.05) is 24.3 Å². The summed E-state index contributed by atoms with van der Waals surface area (Å²) in [6, 6.07) is 7.97. The molecule has 2 rings (SSSR count). The Hall–Kier alpha value is -1.06. The van der Waals surface area contributed by atoms with Crippen LogP contribution in [0, 0.1) is 0 Å². The van der Waals surface area contributed by atoms with Gasteiger partial charge < -0.3 is 5.11 Å². The van der Waals surface area contributed by atoms with E-state index in [0.717, 1.165) is 30.8 Å². The standard InChI is InChI=1S/C14H18ClNO2/c15-12-7-5-11(6-8-12)13-4-2-1-3-9-16(13)10-14(17)18/h5-8,13H,1-4,9-10H2,(H,17,18). The molecule has 1 aromatic carbocycles. The Kier molecular flexibility index (Phi) is 4.61. The summed E-state index contributed by atoms with van der Waals surface area (Å²) >= 11 is 5.90. The molecule has 0 saturated carbocycles. The van der Waals surface area contributed by atoms with Crippen molar-refractivity contribution in [3.05, 3.63) is 34.9 Å². The Labute approximate surface area is 112 Å². The number of carboxylic acid groups (broad SMARTS) is 1. The summed E-state index contributed by atoms with van der Waals surface area (Å²) in [4.78, 5) is 13.0. The highest BCUT2D eigenvalue weighted by Gasteiger charge is 2.24. The van der Waals surface area contributed by atoms with Crippen LogP contribution in [0.15, 0.2) is 24.3 Å². The summed E-state index contributed by atoms with van der Waals surface area (Å²) < 4.78 is 0. The fourth-order valence-electron chi connectivity index (χ4n) is 2.59. The van der Waals surface area contributed by atoms with Gasteiger partial charge in [0.25, 0.3) is 0 Å². The molecule has 98 valence electrons. The zero-order valence-electron chi connectivity index (χ0n) is 10.3. The van der Waals surface area contributed by atoms with E-state index in [1.165, 1.54) is 12.0 Å². The van der Waals surface area contributed by atoms with E-state index in [-0.39, 0.29) is 12.6 Å². The van der Waals surface area contributed by atoms with Crippen LogP contribution in [0.5, 0.6) is 0 Å². The molecule has 0 radical (unpaired) electrons. The topological polar surface area (TPSA) is 40.5 Å². The Morgan fingerprint density at radius 1 is 1.28 bits per heavy atom. The van der Waals surface area contributed by atoms with Gasteiger partial charge in [-0.2, -0.15) is 0 Å². The normalized spacial score (nSPS) is 21.5. The molecule has 1 aromatic rings. The quantitative estimate of drug-likeness (QED) is 0.913. The van der Waals surface area contributed by atoms with Crippen molar-refractivity contribution in [3.8, 4) is 0 Å². The summed E-state index contributed by atoms with van der Waals surface area (Å²) in [5.74, 6) is -0.754. The van der Waals surface area contributed by atoms with Crippen LogP contribution in [-0.4, -0.2) is 29.1 Å². The first-order chi connectivity index (χ1) is 8.66. The molecule has 0 aromatic heterocycles. The molecule has 18 heavy (non-hydrogen) atoms. The molecular weight excluding hydrogens is 250 g/mol. The molecular formula is C14H18ClNO2. The molecule has 1 atom stereocenters. The second-order valence-electron chi connectivity index (χ2n) is 4.78. The third kappa shape index (κ3) is 3.47. The van der Waals surface area contributed by atoms with Gasteiger partial charge >= 0.3 is 5.97 Å². The van der Waals surface area contributed by atoms with Gasteiger partial charge in [-0.15, -0.1) is 0 Å². The molecule has 1 unspecified atom stereocenters. The molecule has 0 bridgehead atoms. The smallest absolute Gasteiger partial charge is 0.317 e. The first kappa shape index (κ1) is 13.4. The maximum absolute atomic E-state index is 10.9. The van der Waals surface area contributed by atoms with Gasteiger partial charge in [-0.05, 0) is 37.1 Å². The summed E-state index contributed by atoms with van der Waals surface area (Å²) in [5.41, 5.74) is 1.17. The third-order valence-corrected chi connectivity index (χ3v) is 3.71. The van der Waals surface area contributed by atoms with Gasteiger partial charge in [0.1, 0.15) is 0 Å². The van der Waals surface area contributed by atoms with Crippen LogP contribution < -0.4 is 0 Å². The average molecular weight is 268 g/mol. The lowest BCUT2D eigenvalue weighted by atomic mass is 10.0. The minimum Gasteiger partial charge on any atom is -0.480 e. The number of rotatable bonds is 3. The van der Waals surface area contributed by atoms with Crippen molar-refractivity contribution in [2.45, 2.75) is 31.7 Å². The maximum Gasteiger partial charge on any atom is 0.317 e. The molecule has 0 aliphatic carbocycles. The number of hydrogen-bond donors (Lipinski definition) is 1. The zero-order valence-corrected chi connectivity index (χ0v) is 11.1. The van der Waals surface area contributed by atoms with Gasteiger partial charge in [0.15, 0.2) is 0 Å². The van der Waals surface area contributed by atoms with Gasteiger partial charge in [0, 0.05) is 11.1 Å². The summed E-state index contributed by atoms with van der Waals surface area (Å²) in [7, 11) is 0. The second kappa shape index (κ2) is 6.21. The first-order valence-electron chi connectivity index (χ1n) is 6.38. The molecule has 0 amide bonds. The highest BCUT2D eigenvalue weighted by atomic mass is 35.5. The molecule has 1 aliphatic heterocycles. The number of hydrogen-bond acceptors (Lipinski definition) is 2. The number of carboxylic acids is 1. The molecule has 0 spiro atoms. The summed E-state index contributed by atoms with van der Waals surface area (Å²) in [6.07, 6.45) is 4.44. The monoisotopic (exact) mass is 267 g/mol. The number of likely N-dealkylation sites (tertiary alicyclic amines) is 1. The Balaban J connectivity index is 2.19. The fourth-order valence-corrected chi connectivity index (χ4v) is 2.72. The number of halogens is 1. The molecule has 1 heterocycles. The van der Waals surface area contributed by atoms with Crippen LogP contribution in [0.25, 0.3) is 0 Å². The van der Waals surface area contributed by atoms with Crippen molar-refractivity contribution in [2.24, 2.45) is 0 Å². The number of benzene rings is 1. The Bertz CT molecular complexity index is 405. The van der Waals surface area contributed by atoms with Crippen LogP contribution in [-0.2, 0) is 4.79 Å². The van der Waals surface area contributed by atoms with E-state index in [9.17, 15) is 4.79 Å². The Morgan fingerprint density at radius 3 is 2.67 bits per heavy atom. The third-order valence-electron chi connectivity index (χ3n) is 3.46. The van der Waals surface area contributed by atoms with Crippen molar-refractivity contribution in [1.29, 1.82) is 0 Å². The lowest BCUT2D eigenvalue weighted by Crippen LogP contribution is -2.33. The summed E-state index contributed by atoms with van der Waals surface area (Å²) in [6.45, 7) is 0.979. The van der Waals surface area contributed by atoms with E-state index >= 15 is 0 Å². The van der Waals surface area contributed by atoms with Gasteiger partial charge in [0.2, 0.25) is 0 Å². The lowest BCUT2D eigenvalue weighted by molar-refractivity contribution is -0.138. The van der Waals surface area contributed by atoms with E-state index in [4.69, 9.17) is 16.7 Å². The van der Waals surface area contributed by atoms with Crippen molar-refractivity contribution in [2.75, 3.05) is 13.1 Å². The van der Waals surface area contributed by atoms with Gasteiger partial charge in [-0.3, -0.25) is 9.69 Å². The number of aliphatic carboxylic acids is 1. The van der Waals surface area contributed by atoms with Crippen LogP contribution in [0.1, 0.15) is 37.3 Å². The van der Waals surface area contributed by atoms with Gasteiger partial charge in [-0.1, -0.05) is 36.6 Å². The van der Waals surface area contributed by atoms with Crippen molar-refractivity contribution >= 4 is 17.6 Å². The molecule has 1 aliphatic rings. The number of carbonyl (C=O) groups is 1. The van der Waals surface area contributed by atoms with Crippen LogP contribution in [0.4, 0.5) is 0 Å². The van der Waals surface area contributed by atoms with Crippen LogP contribution >= 0.6 is 11.6 Å². The fraction of sp³-hybridized carbons (Fsp3) is 0.500. The zero-order chi connectivity index (χ0) is 13.0. The van der Waals surface area contributed by atoms with Crippen molar-refractivity contribution in [1.82, 2.24) is 4.90 Å². The Morgan fingerprint density at radius 2 is 2.00 bits per heavy atom. The SMILES string of the molecule is O=C(O)CN1CCCCCC1c1ccc(Cl)cc1. The summed E-state index contributed by atoms with van der Waals surface area (Å²) in [5, 5.41) is 9.72. The second-order valence-corrected chi connectivity index (χ2v) is 5.22. The lowest BCUT2D eigenvalue weighted by Gasteiger charge is -2.28. The molecule has 1 N–H and O–H groups in total. The van der Waals surface area contributed by atoms with Crippen LogP contribution in [0.2, 0.25) is 5.02 Å². The van der Waals surface area contributed by atoms with E-state index < -0.39 is 5.97 Å². The molecule has 3 nitrogen and oxygen atoms in total. The average Bonchev–Trinajstić information content (AvgIpc) is 2.55. The highest BCUT2D eigenvalue weighted by molar-refractivity contribution is 6.30. The number of nitrogens with zero attached hydrogens (tertiary/aromatic N) is 1. The predicted octanol–water partition coefficient (Wildman–Crippen LogP) is 3.34. The molecule has 4 heteroatoms. The van der Waals surface area contributed by atoms with Gasteiger partial charge in [-0.25, -0.2) is 0 Å². The molecule has 1 saturated heterocycles. The van der Waals surface area contributed by atoms with Crippen LogP contribution in [0.3, 0.4) is 0 Å². The molecule has 1 fully saturated rings. The van der Waals surface area contributed by atoms with Crippen molar-refractivity contribution in [3.63, 3.8) is 0 Å². The highest BCUT2D eigenvalue weighted by Crippen LogP contribution is 2.30.